The molecule has 2 aliphatic rings. The van der Waals surface area contributed by atoms with E-state index >= 15 is 0 Å². The van der Waals surface area contributed by atoms with E-state index in [1.54, 1.807) is 17.0 Å². The van der Waals surface area contributed by atoms with Crippen LogP contribution >= 0.6 is 0 Å². The molecule has 1 unspecified atom stereocenters. The number of aliphatic hydroxyl groups excluding tert-OH is 1. The van der Waals surface area contributed by atoms with Crippen molar-refractivity contribution in [2.45, 2.75) is 32.2 Å². The van der Waals surface area contributed by atoms with Gasteiger partial charge < -0.3 is 25.4 Å². The summed E-state index contributed by atoms with van der Waals surface area (Å²) in [6, 6.07) is 13.4. The number of hydrogen-bond acceptors (Lipinski definition) is 7. The fraction of sp³-hybridized carbons (Fsp3) is 0.433. The number of benzene rings is 2. The monoisotopic (exact) mass is 566 g/mol. The van der Waals surface area contributed by atoms with Gasteiger partial charge in [-0.3, -0.25) is 4.90 Å². The van der Waals surface area contributed by atoms with Crippen molar-refractivity contribution in [2.75, 3.05) is 50.0 Å². The molecule has 5 rings (SSSR count). The summed E-state index contributed by atoms with van der Waals surface area (Å²) in [6.45, 7) is 4.21. The minimum atomic E-state index is -0.639. The highest BCUT2D eigenvalue weighted by Gasteiger charge is 2.24. The van der Waals surface area contributed by atoms with E-state index in [0.29, 0.717) is 37.5 Å². The van der Waals surface area contributed by atoms with Crippen molar-refractivity contribution in [3.05, 3.63) is 71.9 Å². The van der Waals surface area contributed by atoms with Gasteiger partial charge in [0.25, 0.3) is 5.88 Å². The van der Waals surface area contributed by atoms with Gasteiger partial charge in [0.15, 0.2) is 0 Å². The largest absolute Gasteiger partial charge is 0.475 e. The number of carbonyl (C=O) groups excluding carboxylic acids is 1. The Hall–Kier alpha value is -3.83. The fourth-order valence-corrected chi connectivity index (χ4v) is 5.36. The van der Waals surface area contributed by atoms with Crippen LogP contribution in [-0.2, 0) is 6.54 Å². The minimum Gasteiger partial charge on any atom is -0.475 e. The van der Waals surface area contributed by atoms with Crippen molar-refractivity contribution in [2.24, 2.45) is 11.8 Å². The Morgan fingerprint density at radius 1 is 1.02 bits per heavy atom. The van der Waals surface area contributed by atoms with E-state index in [2.05, 4.69) is 31.6 Å². The number of aromatic nitrogens is 2. The van der Waals surface area contributed by atoms with Gasteiger partial charge in [-0.2, -0.15) is 9.37 Å². The van der Waals surface area contributed by atoms with Crippen LogP contribution in [0, 0.1) is 23.5 Å². The maximum absolute atomic E-state index is 14.5. The Bertz CT molecular complexity index is 1320. The number of halogens is 2. The molecule has 1 aromatic heterocycles. The third-order valence-electron chi connectivity index (χ3n) is 7.60. The Kier molecular flexibility index (Phi) is 9.58. The quantitative estimate of drug-likeness (QED) is 0.334. The van der Waals surface area contributed by atoms with Crippen molar-refractivity contribution in [3.63, 3.8) is 0 Å². The van der Waals surface area contributed by atoms with E-state index < -0.39 is 11.6 Å². The number of rotatable bonds is 9. The SMILES string of the molecule is O=C(Nc1cccc(F)c1)N1CCC(COc2nc(Nc3cccc(CN4CCCC(CO)C4)c3)ncc2F)CC1. The van der Waals surface area contributed by atoms with Gasteiger partial charge in [-0.25, -0.2) is 14.2 Å². The molecular formula is C30H36F2N6O3. The number of amides is 2. The molecule has 1 atom stereocenters. The summed E-state index contributed by atoms with van der Waals surface area (Å²) in [7, 11) is 0. The predicted octanol–water partition coefficient (Wildman–Crippen LogP) is 5.03. The number of urea groups is 1. The third kappa shape index (κ3) is 8.11. The van der Waals surface area contributed by atoms with Gasteiger partial charge in [-0.05, 0) is 80.0 Å². The lowest BCUT2D eigenvalue weighted by Crippen LogP contribution is -2.42. The molecule has 3 N–H and O–H groups in total. The maximum atomic E-state index is 14.5. The van der Waals surface area contributed by atoms with Crippen LogP contribution in [0.1, 0.15) is 31.2 Å². The number of ether oxygens (including phenoxy) is 1. The summed E-state index contributed by atoms with van der Waals surface area (Å²) in [5, 5.41) is 15.4. The summed E-state index contributed by atoms with van der Waals surface area (Å²) in [6.07, 6.45) is 4.63. The van der Waals surface area contributed by atoms with E-state index in [4.69, 9.17) is 4.74 Å². The van der Waals surface area contributed by atoms with Crippen molar-refractivity contribution in [1.82, 2.24) is 19.8 Å². The molecule has 2 saturated heterocycles. The maximum Gasteiger partial charge on any atom is 0.321 e. The van der Waals surface area contributed by atoms with Crippen LogP contribution in [0.25, 0.3) is 0 Å². The summed E-state index contributed by atoms with van der Waals surface area (Å²) >= 11 is 0. The Morgan fingerprint density at radius 2 is 1.83 bits per heavy atom. The van der Waals surface area contributed by atoms with Crippen molar-refractivity contribution < 1.29 is 23.4 Å². The summed E-state index contributed by atoms with van der Waals surface area (Å²) in [5.74, 6) is -0.465. The van der Waals surface area contributed by atoms with Crippen molar-refractivity contribution in [1.29, 1.82) is 0 Å². The smallest absolute Gasteiger partial charge is 0.321 e. The molecule has 2 amide bonds. The molecule has 2 aromatic carbocycles. The first kappa shape index (κ1) is 28.7. The lowest BCUT2D eigenvalue weighted by Gasteiger charge is -2.31. The number of anilines is 3. The van der Waals surface area contributed by atoms with Crippen molar-refractivity contribution in [3.8, 4) is 5.88 Å². The molecule has 0 aliphatic carbocycles. The lowest BCUT2D eigenvalue weighted by molar-refractivity contribution is 0.116. The van der Waals surface area contributed by atoms with Crippen molar-refractivity contribution >= 4 is 23.4 Å². The van der Waals surface area contributed by atoms with Crippen LogP contribution in [0.15, 0.2) is 54.7 Å². The van der Waals surface area contributed by atoms with Crippen LogP contribution in [0.3, 0.4) is 0 Å². The second-order valence-corrected chi connectivity index (χ2v) is 10.8. The van der Waals surface area contributed by atoms with Gasteiger partial charge in [-0.1, -0.05) is 18.2 Å². The molecule has 9 nitrogen and oxygen atoms in total. The molecule has 0 radical (unpaired) electrons. The molecule has 218 valence electrons. The first-order valence-corrected chi connectivity index (χ1v) is 14.1. The number of likely N-dealkylation sites (tertiary alicyclic amines) is 2. The summed E-state index contributed by atoms with van der Waals surface area (Å²) < 4.78 is 33.6. The van der Waals surface area contributed by atoms with E-state index in [-0.39, 0.29) is 37.0 Å². The number of hydrogen-bond donors (Lipinski definition) is 3. The van der Waals surface area contributed by atoms with E-state index in [1.807, 2.05) is 18.2 Å². The fourth-order valence-electron chi connectivity index (χ4n) is 5.36. The second kappa shape index (κ2) is 13.7. The van der Waals surface area contributed by atoms with E-state index in [9.17, 15) is 18.7 Å². The molecule has 2 fully saturated rings. The first-order chi connectivity index (χ1) is 19.9. The number of aliphatic hydroxyl groups is 1. The molecule has 3 aromatic rings. The van der Waals surface area contributed by atoms with Crippen LogP contribution in [0.4, 0.5) is 30.9 Å². The standard InChI is InChI=1S/C30H36F2N6O3/c31-24-6-2-8-26(15-24)35-30(40)38-12-9-21(10-13-38)20-41-28-27(32)16-33-29(36-28)34-25-7-1-4-22(14-25)17-37-11-3-5-23(18-37)19-39/h1-2,4,6-8,14-16,21,23,39H,3,5,9-13,17-20H2,(H,35,40)(H,33,34,36). The van der Waals surface area contributed by atoms with Gasteiger partial charge in [0, 0.05) is 44.2 Å². The van der Waals surface area contributed by atoms with Gasteiger partial charge in [0.05, 0.1) is 12.8 Å². The molecule has 0 saturated carbocycles. The molecule has 0 spiro atoms. The average molecular weight is 567 g/mol. The molecule has 41 heavy (non-hydrogen) atoms. The van der Waals surface area contributed by atoms with Crippen LogP contribution in [0.5, 0.6) is 5.88 Å². The lowest BCUT2D eigenvalue weighted by atomic mass is 9.98. The number of carbonyl (C=O) groups is 1. The zero-order valence-corrected chi connectivity index (χ0v) is 22.9. The Morgan fingerprint density at radius 3 is 2.63 bits per heavy atom. The Labute approximate surface area is 238 Å². The molecular weight excluding hydrogens is 530 g/mol. The topological polar surface area (TPSA) is 103 Å². The van der Waals surface area contributed by atoms with E-state index in [1.165, 1.54) is 12.1 Å². The van der Waals surface area contributed by atoms with Gasteiger partial charge >= 0.3 is 6.03 Å². The normalized spacial score (nSPS) is 18.2. The summed E-state index contributed by atoms with van der Waals surface area (Å²) in [5.41, 5.74) is 2.33. The molecule has 3 heterocycles. The average Bonchev–Trinajstić information content (AvgIpc) is 2.98. The molecule has 2 aliphatic heterocycles. The zero-order chi connectivity index (χ0) is 28.6. The minimum absolute atomic E-state index is 0.117. The van der Waals surface area contributed by atoms with Gasteiger partial charge in [0.2, 0.25) is 11.8 Å². The number of nitrogens with one attached hydrogen (secondary N) is 2. The first-order valence-electron chi connectivity index (χ1n) is 14.1. The highest BCUT2D eigenvalue weighted by molar-refractivity contribution is 5.89. The van der Waals surface area contributed by atoms with Crippen LogP contribution in [0.2, 0.25) is 0 Å². The number of nitrogens with zero attached hydrogens (tertiary/aromatic N) is 4. The molecule has 0 bridgehead atoms. The van der Waals surface area contributed by atoms with E-state index in [0.717, 1.165) is 49.9 Å². The molecule has 11 heteroatoms. The van der Waals surface area contributed by atoms with Gasteiger partial charge in [-0.15, -0.1) is 0 Å². The highest BCUT2D eigenvalue weighted by atomic mass is 19.1. The predicted molar refractivity (Wildman–Crippen MR) is 152 cm³/mol. The highest BCUT2D eigenvalue weighted by Crippen LogP contribution is 2.24. The van der Waals surface area contributed by atoms with Gasteiger partial charge in [0.1, 0.15) is 5.82 Å². The van der Waals surface area contributed by atoms with Crippen LogP contribution < -0.4 is 15.4 Å². The second-order valence-electron chi connectivity index (χ2n) is 10.8. The number of piperidine rings is 2. The third-order valence-corrected chi connectivity index (χ3v) is 7.60. The summed E-state index contributed by atoms with van der Waals surface area (Å²) in [4.78, 5) is 24.9. The Balaban J connectivity index is 1.11. The van der Waals surface area contributed by atoms with Crippen LogP contribution in [-0.4, -0.2) is 70.3 Å². The zero-order valence-electron chi connectivity index (χ0n) is 22.9.